The normalized spacial score (nSPS) is 16.4. The first-order valence-corrected chi connectivity index (χ1v) is 11.1. The van der Waals surface area contributed by atoms with Crippen molar-refractivity contribution >= 4 is 23.8 Å². The molecule has 0 spiro atoms. The average Bonchev–Trinajstić information content (AvgIpc) is 3.26. The molecule has 32 heavy (non-hydrogen) atoms. The summed E-state index contributed by atoms with van der Waals surface area (Å²) in [6.45, 7) is 6.54. The summed E-state index contributed by atoms with van der Waals surface area (Å²) in [5.41, 5.74) is 0.863. The van der Waals surface area contributed by atoms with Gasteiger partial charge in [-0.15, -0.1) is 0 Å². The Morgan fingerprint density at radius 3 is 2.50 bits per heavy atom. The lowest BCUT2D eigenvalue weighted by Gasteiger charge is -2.26. The number of rotatable bonds is 10. The second-order valence-corrected chi connectivity index (χ2v) is 8.25. The number of ether oxygens (including phenoxy) is 1. The monoisotopic (exact) mass is 446 g/mol. The number of nitrogens with zero attached hydrogens (tertiary/aromatic N) is 1. The molecule has 9 nitrogen and oxygen atoms in total. The van der Waals surface area contributed by atoms with E-state index in [1.165, 1.54) is 4.90 Å². The van der Waals surface area contributed by atoms with Crippen LogP contribution in [-0.2, 0) is 25.7 Å². The Labute approximate surface area is 189 Å². The van der Waals surface area contributed by atoms with E-state index >= 15 is 0 Å². The van der Waals surface area contributed by atoms with Crippen molar-refractivity contribution in [2.75, 3.05) is 19.6 Å². The minimum Gasteiger partial charge on any atom is -0.445 e. The van der Waals surface area contributed by atoms with Gasteiger partial charge in [0.25, 0.3) is 0 Å². The molecule has 1 fully saturated rings. The van der Waals surface area contributed by atoms with Crippen molar-refractivity contribution in [2.45, 2.75) is 58.7 Å². The van der Waals surface area contributed by atoms with E-state index in [0.717, 1.165) is 5.56 Å². The molecule has 0 saturated carbocycles. The van der Waals surface area contributed by atoms with Crippen molar-refractivity contribution in [3.63, 3.8) is 0 Å². The van der Waals surface area contributed by atoms with Gasteiger partial charge in [0.05, 0.1) is 6.54 Å². The maximum Gasteiger partial charge on any atom is 0.410 e. The molecule has 0 aromatic heterocycles. The van der Waals surface area contributed by atoms with Crippen LogP contribution in [0.25, 0.3) is 0 Å². The van der Waals surface area contributed by atoms with Crippen molar-refractivity contribution in [1.82, 2.24) is 20.9 Å². The van der Waals surface area contributed by atoms with Crippen molar-refractivity contribution < 1.29 is 23.9 Å². The highest BCUT2D eigenvalue weighted by Crippen LogP contribution is 2.20. The molecule has 1 heterocycles. The second kappa shape index (κ2) is 12.7. The van der Waals surface area contributed by atoms with E-state index in [-0.39, 0.29) is 25.0 Å². The highest BCUT2D eigenvalue weighted by Gasteiger charge is 2.36. The third-order valence-electron chi connectivity index (χ3n) is 5.13. The molecule has 3 N–H and O–H groups in total. The van der Waals surface area contributed by atoms with Gasteiger partial charge < -0.3 is 20.7 Å². The van der Waals surface area contributed by atoms with Gasteiger partial charge in [-0.1, -0.05) is 44.2 Å². The van der Waals surface area contributed by atoms with Crippen LogP contribution in [0.15, 0.2) is 30.3 Å². The van der Waals surface area contributed by atoms with Crippen molar-refractivity contribution in [2.24, 2.45) is 5.92 Å². The average molecular weight is 447 g/mol. The van der Waals surface area contributed by atoms with Crippen LogP contribution in [0.2, 0.25) is 0 Å². The summed E-state index contributed by atoms with van der Waals surface area (Å²) in [5, 5.41) is 7.95. The van der Waals surface area contributed by atoms with Crippen LogP contribution in [0.3, 0.4) is 0 Å². The Kier molecular flexibility index (Phi) is 9.97. The number of carbonyl (C=O) groups excluding carboxylic acids is 4. The number of amides is 4. The summed E-state index contributed by atoms with van der Waals surface area (Å²) in [7, 11) is 0. The molecule has 1 aromatic carbocycles. The molecule has 1 saturated heterocycles. The summed E-state index contributed by atoms with van der Waals surface area (Å²) in [5.74, 6) is -0.961. The van der Waals surface area contributed by atoms with Gasteiger partial charge in [-0.25, -0.2) is 4.79 Å². The Balaban J connectivity index is 1.95. The van der Waals surface area contributed by atoms with Gasteiger partial charge >= 0.3 is 6.09 Å². The lowest BCUT2D eigenvalue weighted by molar-refractivity contribution is -0.132. The Hall–Kier alpha value is -3.10. The first-order chi connectivity index (χ1) is 15.3. The lowest BCUT2D eigenvalue weighted by atomic mass is 10.0. The summed E-state index contributed by atoms with van der Waals surface area (Å²) >= 11 is 0. The fourth-order valence-electron chi connectivity index (χ4n) is 3.58. The third-order valence-corrected chi connectivity index (χ3v) is 5.13. The van der Waals surface area contributed by atoms with E-state index in [1.54, 1.807) is 6.92 Å². The molecule has 2 atom stereocenters. The fraction of sp³-hybridized carbons (Fsp3) is 0.565. The number of hydrogen-bond donors (Lipinski definition) is 3. The van der Waals surface area contributed by atoms with Crippen molar-refractivity contribution in [1.29, 1.82) is 0 Å². The number of hydrogen-bond acceptors (Lipinski definition) is 5. The van der Waals surface area contributed by atoms with Gasteiger partial charge in [0.1, 0.15) is 18.7 Å². The van der Waals surface area contributed by atoms with Gasteiger partial charge in [-0.3, -0.25) is 19.3 Å². The molecule has 2 rings (SSSR count). The maximum atomic E-state index is 13.0. The Bertz CT molecular complexity index is 784. The standard InChI is InChI=1S/C23H34N4O5/c1-4-24-20(28)14-25-21(29)18(13-16(2)3)26-22(30)19-11-8-12-27(19)23(31)32-15-17-9-6-5-7-10-17/h5-7,9-10,16,18-19H,4,8,11-15H2,1-3H3,(H,24,28)(H,25,29)(H,26,30)/t18-,19-/m0/s1. The number of carbonyl (C=O) groups is 4. The SMILES string of the molecule is CCNC(=O)CNC(=O)[C@H](CC(C)C)NC(=O)[C@@H]1CCCN1C(=O)OCc1ccccc1. The molecule has 9 heteroatoms. The zero-order valence-corrected chi connectivity index (χ0v) is 19.1. The molecule has 0 bridgehead atoms. The molecule has 0 aliphatic carbocycles. The highest BCUT2D eigenvalue weighted by atomic mass is 16.6. The van der Waals surface area contributed by atoms with E-state index in [9.17, 15) is 19.2 Å². The highest BCUT2D eigenvalue weighted by molar-refractivity contribution is 5.93. The number of likely N-dealkylation sites (tertiary alicyclic amines) is 1. The van der Waals surface area contributed by atoms with E-state index in [0.29, 0.717) is 32.4 Å². The molecule has 1 aliphatic rings. The molecule has 0 unspecified atom stereocenters. The molecule has 0 radical (unpaired) electrons. The van der Waals surface area contributed by atoms with Crippen LogP contribution in [0.5, 0.6) is 0 Å². The number of benzene rings is 1. The van der Waals surface area contributed by atoms with Crippen LogP contribution in [0.4, 0.5) is 4.79 Å². The smallest absolute Gasteiger partial charge is 0.410 e. The lowest BCUT2D eigenvalue weighted by Crippen LogP contribution is -2.54. The zero-order chi connectivity index (χ0) is 23.5. The van der Waals surface area contributed by atoms with Crippen LogP contribution in [0.1, 0.15) is 45.6 Å². The molecule has 1 aliphatic heterocycles. The van der Waals surface area contributed by atoms with Crippen molar-refractivity contribution in [3.8, 4) is 0 Å². The van der Waals surface area contributed by atoms with E-state index in [4.69, 9.17) is 4.74 Å². The molecule has 176 valence electrons. The third kappa shape index (κ3) is 7.86. The van der Waals surface area contributed by atoms with E-state index in [2.05, 4.69) is 16.0 Å². The van der Waals surface area contributed by atoms with Crippen LogP contribution in [-0.4, -0.2) is 60.4 Å². The maximum absolute atomic E-state index is 13.0. The minimum absolute atomic E-state index is 0.128. The summed E-state index contributed by atoms with van der Waals surface area (Å²) < 4.78 is 5.38. The second-order valence-electron chi connectivity index (χ2n) is 8.25. The van der Waals surface area contributed by atoms with Gasteiger partial charge in [-0.2, -0.15) is 0 Å². The van der Waals surface area contributed by atoms with Crippen LogP contribution in [0, 0.1) is 5.92 Å². The quantitative estimate of drug-likeness (QED) is 0.504. The van der Waals surface area contributed by atoms with Gasteiger partial charge in [0, 0.05) is 13.1 Å². The number of likely N-dealkylation sites (N-methyl/N-ethyl adjacent to an activating group) is 1. The molecular formula is C23H34N4O5. The molecular weight excluding hydrogens is 412 g/mol. The molecule has 1 aromatic rings. The van der Waals surface area contributed by atoms with Crippen LogP contribution >= 0.6 is 0 Å². The van der Waals surface area contributed by atoms with Crippen molar-refractivity contribution in [3.05, 3.63) is 35.9 Å². The minimum atomic E-state index is -0.792. The number of nitrogens with one attached hydrogen (secondary N) is 3. The summed E-state index contributed by atoms with van der Waals surface area (Å²) in [6.07, 6.45) is 1.04. The fourth-order valence-corrected chi connectivity index (χ4v) is 3.58. The first kappa shape index (κ1) is 25.2. The van der Waals surface area contributed by atoms with Gasteiger partial charge in [0.15, 0.2) is 0 Å². The van der Waals surface area contributed by atoms with Gasteiger partial charge in [0.2, 0.25) is 17.7 Å². The van der Waals surface area contributed by atoms with Gasteiger partial charge in [-0.05, 0) is 37.7 Å². The first-order valence-electron chi connectivity index (χ1n) is 11.1. The van der Waals surface area contributed by atoms with Crippen LogP contribution < -0.4 is 16.0 Å². The summed E-state index contributed by atoms with van der Waals surface area (Å²) in [4.78, 5) is 51.2. The topological polar surface area (TPSA) is 117 Å². The van der Waals surface area contributed by atoms with E-state index < -0.39 is 30.0 Å². The Morgan fingerprint density at radius 2 is 1.84 bits per heavy atom. The molecule has 4 amide bonds. The zero-order valence-electron chi connectivity index (χ0n) is 19.1. The summed E-state index contributed by atoms with van der Waals surface area (Å²) in [6, 6.07) is 7.84. The Morgan fingerprint density at radius 1 is 1.12 bits per heavy atom. The predicted molar refractivity (Wildman–Crippen MR) is 119 cm³/mol. The largest absolute Gasteiger partial charge is 0.445 e. The van der Waals surface area contributed by atoms with E-state index in [1.807, 2.05) is 44.2 Å². The predicted octanol–water partition coefficient (Wildman–Crippen LogP) is 1.57.